The molecule has 0 saturated carbocycles. The number of nitrogens with zero attached hydrogens (tertiary/aromatic N) is 2. The summed E-state index contributed by atoms with van der Waals surface area (Å²) in [5.41, 5.74) is 0. The van der Waals surface area contributed by atoms with Gasteiger partial charge in [-0.15, -0.1) is 0 Å². The van der Waals surface area contributed by atoms with E-state index < -0.39 is 0 Å². The molecule has 0 atom stereocenters. The van der Waals surface area contributed by atoms with Gasteiger partial charge in [-0.05, 0) is 19.8 Å². The number of hydrogen-bond acceptors (Lipinski definition) is 1. The van der Waals surface area contributed by atoms with Gasteiger partial charge in [0, 0.05) is 0 Å². The van der Waals surface area contributed by atoms with Gasteiger partial charge in [0.1, 0.15) is 12.8 Å². The van der Waals surface area contributed by atoms with Crippen molar-refractivity contribution in [3.05, 3.63) is 0 Å². The third-order valence-electron chi connectivity index (χ3n) is 2.18. The zero-order valence-corrected chi connectivity index (χ0v) is 12.9. The summed E-state index contributed by atoms with van der Waals surface area (Å²) < 4.78 is 1.82. The fourth-order valence-electron chi connectivity index (χ4n) is 1.49. The van der Waals surface area contributed by atoms with Crippen molar-refractivity contribution in [2.45, 2.75) is 61.4 Å². The summed E-state index contributed by atoms with van der Waals surface area (Å²) in [5.74, 6) is 0.535. The topological polar surface area (TPSA) is 23.3 Å². The Morgan fingerprint density at radius 3 is 1.94 bits per heavy atom. The van der Waals surface area contributed by atoms with Gasteiger partial charge in [-0.2, -0.15) is 9.37 Å². The van der Waals surface area contributed by atoms with Crippen LogP contribution in [-0.2, 0) is 0 Å². The number of carbonyl (C=O) groups is 1. The minimum Gasteiger partial charge on any atom is -0.216 e. The molecule has 0 aliphatic carbocycles. The molecule has 102 valence electrons. The lowest BCUT2D eigenvalue weighted by atomic mass is 10.2. The monoisotopic (exact) mass is 243 g/mol. The van der Waals surface area contributed by atoms with Crippen molar-refractivity contribution in [3.8, 4) is 0 Å². The highest BCUT2D eigenvalue weighted by molar-refractivity contribution is 5.79. The maximum absolute atomic E-state index is 11.7. The Balaban J connectivity index is 0. The fraction of sp³-hybridized carbons (Fsp3) is 0.857. The predicted octanol–water partition coefficient (Wildman–Crippen LogP) is 3.62. The van der Waals surface area contributed by atoms with Gasteiger partial charge in [0.2, 0.25) is 0 Å². The van der Waals surface area contributed by atoms with Crippen molar-refractivity contribution in [2.24, 2.45) is 5.92 Å². The second-order valence-electron chi connectivity index (χ2n) is 4.26. The SMILES string of the molecule is CC.CC.CC(C)C[N+]1=CCN(C(C)C)C1=O. The Labute approximate surface area is 108 Å². The second-order valence-corrected chi connectivity index (χ2v) is 4.26. The van der Waals surface area contributed by atoms with Crippen LogP contribution in [0.25, 0.3) is 0 Å². The summed E-state index contributed by atoms with van der Waals surface area (Å²) in [6, 6.07) is 0.463. The Morgan fingerprint density at radius 1 is 1.18 bits per heavy atom. The highest BCUT2D eigenvalue weighted by Gasteiger charge is 2.34. The zero-order chi connectivity index (χ0) is 14.0. The molecule has 1 heterocycles. The first-order chi connectivity index (χ1) is 8.02. The van der Waals surface area contributed by atoms with Gasteiger partial charge in [-0.1, -0.05) is 41.5 Å². The third-order valence-corrected chi connectivity index (χ3v) is 2.18. The number of hydrogen-bond donors (Lipinski definition) is 0. The summed E-state index contributed by atoms with van der Waals surface area (Å²) in [6.45, 7) is 17.9. The standard InChI is InChI=1S/C10H19N2O.2C2H6/c1-8(2)7-11-5-6-12(9(3)4)10(11)13;2*1-2/h5,8-9H,6-7H2,1-4H3;2*1-2H3/q+1;;. The van der Waals surface area contributed by atoms with Crippen LogP contribution in [0.3, 0.4) is 0 Å². The van der Waals surface area contributed by atoms with Crippen LogP contribution >= 0.6 is 0 Å². The number of rotatable bonds is 3. The third kappa shape index (κ3) is 6.44. The molecule has 0 spiro atoms. The van der Waals surface area contributed by atoms with Gasteiger partial charge in [0.05, 0.1) is 12.6 Å². The van der Waals surface area contributed by atoms with Crippen LogP contribution in [0.2, 0.25) is 0 Å². The van der Waals surface area contributed by atoms with Crippen molar-refractivity contribution >= 4 is 12.2 Å². The van der Waals surface area contributed by atoms with Crippen LogP contribution in [0.4, 0.5) is 4.79 Å². The fourth-order valence-corrected chi connectivity index (χ4v) is 1.49. The van der Waals surface area contributed by atoms with E-state index in [4.69, 9.17) is 0 Å². The normalized spacial score (nSPS) is 14.1. The molecule has 0 fully saturated rings. The summed E-state index contributed by atoms with van der Waals surface area (Å²) in [4.78, 5) is 13.6. The molecule has 2 amide bonds. The Bertz CT molecular complexity index is 232. The van der Waals surface area contributed by atoms with E-state index in [1.54, 1.807) is 0 Å². The van der Waals surface area contributed by atoms with Crippen molar-refractivity contribution in [1.29, 1.82) is 0 Å². The first-order valence-electron chi connectivity index (χ1n) is 6.93. The number of carbonyl (C=O) groups excluding carboxylic acids is 1. The lowest BCUT2D eigenvalue weighted by Crippen LogP contribution is -2.36. The molecule has 1 aliphatic rings. The van der Waals surface area contributed by atoms with Gasteiger partial charge in [-0.3, -0.25) is 0 Å². The van der Waals surface area contributed by atoms with Gasteiger partial charge >= 0.3 is 6.03 Å². The lowest BCUT2D eigenvalue weighted by molar-refractivity contribution is -0.431. The minimum atomic E-state index is 0.156. The molecule has 3 nitrogen and oxygen atoms in total. The van der Waals surface area contributed by atoms with Crippen LogP contribution in [0.1, 0.15) is 55.4 Å². The van der Waals surface area contributed by atoms with Crippen LogP contribution in [-0.4, -0.2) is 40.9 Å². The van der Waals surface area contributed by atoms with Crippen molar-refractivity contribution in [2.75, 3.05) is 13.1 Å². The first-order valence-corrected chi connectivity index (χ1v) is 6.93. The molecule has 0 aromatic heterocycles. The quantitative estimate of drug-likeness (QED) is 0.694. The lowest BCUT2D eigenvalue weighted by Gasteiger charge is -2.12. The van der Waals surface area contributed by atoms with Crippen molar-refractivity contribution in [1.82, 2.24) is 4.90 Å². The summed E-state index contributed by atoms with van der Waals surface area (Å²) in [7, 11) is 0. The highest BCUT2D eigenvalue weighted by Crippen LogP contribution is 2.07. The van der Waals surface area contributed by atoms with E-state index >= 15 is 0 Å². The Morgan fingerprint density at radius 2 is 1.65 bits per heavy atom. The van der Waals surface area contributed by atoms with Gasteiger partial charge in [0.25, 0.3) is 0 Å². The van der Waals surface area contributed by atoms with Crippen LogP contribution in [0.15, 0.2) is 0 Å². The van der Waals surface area contributed by atoms with Crippen LogP contribution < -0.4 is 0 Å². The molecular weight excluding hydrogens is 212 g/mol. The molecule has 0 saturated heterocycles. The Kier molecular flexibility index (Phi) is 11.2. The molecular formula is C14H31N2O+. The summed E-state index contributed by atoms with van der Waals surface area (Å²) in [6.07, 6.45) is 1.99. The number of amides is 2. The zero-order valence-electron chi connectivity index (χ0n) is 12.9. The molecule has 0 aromatic carbocycles. The van der Waals surface area contributed by atoms with Crippen LogP contribution in [0, 0.1) is 5.92 Å². The van der Waals surface area contributed by atoms with E-state index in [9.17, 15) is 4.79 Å². The summed E-state index contributed by atoms with van der Waals surface area (Å²) >= 11 is 0. The highest BCUT2D eigenvalue weighted by atomic mass is 16.2. The second kappa shape index (κ2) is 10.3. The number of urea groups is 1. The maximum Gasteiger partial charge on any atom is 0.493 e. The Hall–Kier alpha value is -0.860. The van der Waals surface area contributed by atoms with E-state index in [1.807, 2.05) is 57.2 Å². The average molecular weight is 243 g/mol. The smallest absolute Gasteiger partial charge is 0.216 e. The van der Waals surface area contributed by atoms with Crippen molar-refractivity contribution < 1.29 is 9.37 Å². The predicted molar refractivity (Wildman–Crippen MR) is 76.0 cm³/mol. The van der Waals surface area contributed by atoms with E-state index in [1.165, 1.54) is 0 Å². The van der Waals surface area contributed by atoms with E-state index in [0.717, 1.165) is 13.1 Å². The van der Waals surface area contributed by atoms with Crippen LogP contribution in [0.5, 0.6) is 0 Å². The van der Waals surface area contributed by atoms with Crippen molar-refractivity contribution in [3.63, 3.8) is 0 Å². The maximum atomic E-state index is 11.7. The van der Waals surface area contributed by atoms with E-state index in [0.29, 0.717) is 12.0 Å². The molecule has 0 N–H and O–H groups in total. The molecule has 3 heteroatoms. The minimum absolute atomic E-state index is 0.156. The molecule has 0 aromatic rings. The molecule has 0 unspecified atom stereocenters. The summed E-state index contributed by atoms with van der Waals surface area (Å²) in [5, 5.41) is 0. The molecule has 1 rings (SSSR count). The van der Waals surface area contributed by atoms with Gasteiger partial charge in [-0.25, -0.2) is 4.90 Å². The largest absolute Gasteiger partial charge is 0.493 e. The van der Waals surface area contributed by atoms with E-state index in [-0.39, 0.29) is 6.03 Å². The molecule has 0 bridgehead atoms. The van der Waals surface area contributed by atoms with Gasteiger partial charge < -0.3 is 0 Å². The van der Waals surface area contributed by atoms with Gasteiger partial charge in [0.15, 0.2) is 0 Å². The van der Waals surface area contributed by atoms with E-state index in [2.05, 4.69) is 13.8 Å². The molecule has 17 heavy (non-hydrogen) atoms. The molecule has 0 radical (unpaired) electrons. The first kappa shape index (κ1) is 18.5. The average Bonchev–Trinajstić information content (AvgIpc) is 2.65. The molecule has 1 aliphatic heterocycles.